The molecule has 0 aliphatic carbocycles. The van der Waals surface area contributed by atoms with Crippen molar-refractivity contribution in [1.29, 1.82) is 0 Å². The molecule has 0 bridgehead atoms. The Hall–Kier alpha value is -1.75. The molecule has 3 aromatic rings. The maximum absolute atomic E-state index is 5.01. The molecule has 0 aliphatic heterocycles. The molecule has 1 aromatic carbocycles. The summed E-state index contributed by atoms with van der Waals surface area (Å²) in [6.45, 7) is 0. The van der Waals surface area contributed by atoms with Crippen LogP contribution in [0.3, 0.4) is 0 Å². The number of nitrogens with zero attached hydrogens (tertiary/aromatic N) is 3. The van der Waals surface area contributed by atoms with Gasteiger partial charge in [0.25, 0.3) is 0 Å². The molecule has 0 N–H and O–H groups in total. The third-order valence-corrected chi connectivity index (χ3v) is 1.95. The van der Waals surface area contributed by atoms with E-state index >= 15 is 0 Å². The molecule has 0 saturated heterocycles. The Kier molecular flexibility index (Phi) is 2.82. The Balaban J connectivity index is 0.000000128. The van der Waals surface area contributed by atoms with Gasteiger partial charge in [0, 0.05) is 5.38 Å². The van der Waals surface area contributed by atoms with Gasteiger partial charge in [-0.05, 0) is 23.7 Å². The molecule has 70 valence electrons. The maximum Gasteiger partial charge on any atom is 0.181 e. The van der Waals surface area contributed by atoms with E-state index in [1.807, 2.05) is 29.6 Å². The largest absolute Gasteiger partial charge is 0.443 e. The fourth-order valence-electron chi connectivity index (χ4n) is 0.939. The lowest BCUT2D eigenvalue weighted by molar-refractivity contribution is 0.602. The number of hydrogen-bond donors (Lipinski definition) is 0. The first kappa shape index (κ1) is 8.83. The molecule has 2 heterocycles. The lowest BCUT2D eigenvalue weighted by Crippen LogP contribution is -1.61. The molecule has 4 nitrogen and oxygen atoms in total. The zero-order valence-corrected chi connectivity index (χ0v) is 8.02. The predicted octanol–water partition coefficient (Wildman–Crippen LogP) is 2.37. The smallest absolute Gasteiger partial charge is 0.181 e. The summed E-state index contributed by atoms with van der Waals surface area (Å²) in [4.78, 5) is 3.95. The van der Waals surface area contributed by atoms with Crippen LogP contribution in [-0.4, -0.2) is 14.6 Å². The molecular weight excluding hydrogens is 198 g/mol. The molecule has 0 amide bonds. The molecule has 0 saturated carbocycles. The minimum absolute atomic E-state index is 0.845. The second-order valence-corrected chi connectivity index (χ2v) is 3.05. The molecular formula is C9H7N3OS. The van der Waals surface area contributed by atoms with Crippen LogP contribution >= 0.6 is 11.5 Å². The highest BCUT2D eigenvalue weighted by molar-refractivity contribution is 7.03. The van der Waals surface area contributed by atoms with Crippen molar-refractivity contribution in [2.24, 2.45) is 0 Å². The number of rotatable bonds is 0. The summed E-state index contributed by atoms with van der Waals surface area (Å²) in [5.74, 6) is 0. The van der Waals surface area contributed by atoms with Gasteiger partial charge in [-0.25, -0.2) is 4.98 Å². The number of para-hydroxylation sites is 2. The minimum atomic E-state index is 0.845. The SMILES string of the molecule is c1ccc2ocnc2c1.c1csnn1. The molecule has 14 heavy (non-hydrogen) atoms. The van der Waals surface area contributed by atoms with Crippen molar-refractivity contribution in [2.45, 2.75) is 0 Å². The summed E-state index contributed by atoms with van der Waals surface area (Å²) < 4.78 is 8.52. The van der Waals surface area contributed by atoms with Crippen LogP contribution in [0, 0.1) is 0 Å². The first-order chi connectivity index (χ1) is 6.97. The van der Waals surface area contributed by atoms with Crippen molar-refractivity contribution in [3.63, 3.8) is 0 Å². The van der Waals surface area contributed by atoms with E-state index in [4.69, 9.17) is 4.42 Å². The summed E-state index contributed by atoms with van der Waals surface area (Å²) in [6.07, 6.45) is 3.11. The zero-order valence-electron chi connectivity index (χ0n) is 7.20. The molecule has 0 radical (unpaired) electrons. The van der Waals surface area contributed by atoms with E-state index in [2.05, 4.69) is 14.6 Å². The second kappa shape index (κ2) is 4.48. The summed E-state index contributed by atoms with van der Waals surface area (Å²) in [5.41, 5.74) is 1.76. The zero-order chi connectivity index (χ0) is 9.64. The summed E-state index contributed by atoms with van der Waals surface area (Å²) in [7, 11) is 0. The highest BCUT2D eigenvalue weighted by Crippen LogP contribution is 2.09. The minimum Gasteiger partial charge on any atom is -0.443 e. The van der Waals surface area contributed by atoms with Crippen LogP contribution in [0.15, 0.2) is 46.7 Å². The van der Waals surface area contributed by atoms with Crippen molar-refractivity contribution in [1.82, 2.24) is 14.6 Å². The number of fused-ring (bicyclic) bond motifs is 1. The van der Waals surface area contributed by atoms with E-state index in [1.165, 1.54) is 17.9 Å². The van der Waals surface area contributed by atoms with Gasteiger partial charge in [-0.15, -0.1) is 5.10 Å². The summed E-state index contributed by atoms with van der Waals surface area (Å²) >= 11 is 1.35. The lowest BCUT2D eigenvalue weighted by atomic mass is 10.3. The lowest BCUT2D eigenvalue weighted by Gasteiger charge is -1.79. The predicted molar refractivity (Wildman–Crippen MR) is 53.9 cm³/mol. The van der Waals surface area contributed by atoms with Crippen molar-refractivity contribution < 1.29 is 4.42 Å². The van der Waals surface area contributed by atoms with Gasteiger partial charge in [0.05, 0.1) is 6.20 Å². The van der Waals surface area contributed by atoms with Gasteiger partial charge >= 0.3 is 0 Å². The Morgan fingerprint density at radius 1 is 1.21 bits per heavy atom. The Morgan fingerprint density at radius 2 is 2.14 bits per heavy atom. The Morgan fingerprint density at radius 3 is 2.79 bits per heavy atom. The van der Waals surface area contributed by atoms with Gasteiger partial charge in [0.2, 0.25) is 0 Å². The van der Waals surface area contributed by atoms with Gasteiger partial charge in [-0.3, -0.25) is 0 Å². The molecule has 2 aromatic heterocycles. The van der Waals surface area contributed by atoms with E-state index in [-0.39, 0.29) is 0 Å². The molecule has 0 spiro atoms. The van der Waals surface area contributed by atoms with Crippen LogP contribution in [0.1, 0.15) is 0 Å². The summed E-state index contributed by atoms with van der Waals surface area (Å²) in [5, 5.41) is 5.31. The van der Waals surface area contributed by atoms with Gasteiger partial charge in [-0.2, -0.15) is 0 Å². The molecule has 0 fully saturated rings. The van der Waals surface area contributed by atoms with Crippen LogP contribution in [-0.2, 0) is 0 Å². The second-order valence-electron chi connectivity index (χ2n) is 2.41. The number of oxazole rings is 1. The molecule has 0 unspecified atom stereocenters. The van der Waals surface area contributed by atoms with Crippen LogP contribution in [0.2, 0.25) is 0 Å². The topological polar surface area (TPSA) is 51.8 Å². The standard InChI is InChI=1S/C7H5NO.C2H2N2S/c1-2-4-7-6(3-1)8-5-9-7;1-2-5-4-3-1/h1-5H;1-2H. The highest BCUT2D eigenvalue weighted by Gasteiger charge is 1.91. The van der Waals surface area contributed by atoms with Crippen LogP contribution in [0.4, 0.5) is 0 Å². The monoisotopic (exact) mass is 205 g/mol. The Labute approximate surface area is 84.4 Å². The Bertz CT molecular complexity index is 430. The van der Waals surface area contributed by atoms with Crippen LogP contribution in [0.5, 0.6) is 0 Å². The average Bonchev–Trinajstić information content (AvgIpc) is 2.92. The van der Waals surface area contributed by atoms with Crippen LogP contribution < -0.4 is 0 Å². The number of benzene rings is 1. The van der Waals surface area contributed by atoms with Crippen molar-refractivity contribution in [3.8, 4) is 0 Å². The quantitative estimate of drug-likeness (QED) is 0.565. The maximum atomic E-state index is 5.01. The first-order valence-corrected chi connectivity index (χ1v) is 4.80. The first-order valence-electron chi connectivity index (χ1n) is 3.96. The van der Waals surface area contributed by atoms with Crippen molar-refractivity contribution in [3.05, 3.63) is 42.2 Å². The third kappa shape index (κ3) is 2.14. The van der Waals surface area contributed by atoms with E-state index in [0.29, 0.717) is 0 Å². The van der Waals surface area contributed by atoms with Crippen LogP contribution in [0.25, 0.3) is 11.1 Å². The molecule has 0 aliphatic rings. The normalized spacial score (nSPS) is 9.43. The fourth-order valence-corrected chi connectivity index (χ4v) is 1.21. The van der Waals surface area contributed by atoms with Gasteiger partial charge in [-0.1, -0.05) is 16.6 Å². The highest BCUT2D eigenvalue weighted by atomic mass is 32.1. The van der Waals surface area contributed by atoms with E-state index < -0.39 is 0 Å². The molecule has 5 heteroatoms. The number of aromatic nitrogens is 3. The fraction of sp³-hybridized carbons (Fsp3) is 0. The molecule has 0 atom stereocenters. The van der Waals surface area contributed by atoms with Gasteiger partial charge < -0.3 is 4.42 Å². The average molecular weight is 205 g/mol. The van der Waals surface area contributed by atoms with E-state index in [1.54, 1.807) is 6.20 Å². The van der Waals surface area contributed by atoms with Gasteiger partial charge in [0.15, 0.2) is 12.0 Å². The van der Waals surface area contributed by atoms with Gasteiger partial charge in [0.1, 0.15) is 5.52 Å². The molecule has 3 rings (SSSR count). The van der Waals surface area contributed by atoms with E-state index in [9.17, 15) is 0 Å². The summed E-state index contributed by atoms with van der Waals surface area (Å²) in [6, 6.07) is 7.67. The van der Waals surface area contributed by atoms with Crippen molar-refractivity contribution >= 4 is 22.6 Å². The van der Waals surface area contributed by atoms with Crippen molar-refractivity contribution in [2.75, 3.05) is 0 Å². The van der Waals surface area contributed by atoms with E-state index in [0.717, 1.165) is 11.1 Å². The number of hydrogen-bond acceptors (Lipinski definition) is 5. The third-order valence-electron chi connectivity index (χ3n) is 1.52.